The first kappa shape index (κ1) is 14.6. The van der Waals surface area contributed by atoms with Crippen LogP contribution in [-0.2, 0) is 19.6 Å². The van der Waals surface area contributed by atoms with Gasteiger partial charge in [-0.25, -0.2) is 8.42 Å². The van der Waals surface area contributed by atoms with Gasteiger partial charge in [-0.05, 0) is 12.1 Å². The number of methoxy groups -OCH3 is 1. The van der Waals surface area contributed by atoms with Crippen LogP contribution in [0.4, 0.5) is 0 Å². The topological polar surface area (TPSA) is 76.6 Å². The summed E-state index contributed by atoms with van der Waals surface area (Å²) >= 11 is 0. The van der Waals surface area contributed by atoms with E-state index in [9.17, 15) is 13.2 Å². The molecule has 0 amide bonds. The van der Waals surface area contributed by atoms with E-state index < -0.39 is 16.0 Å². The van der Waals surface area contributed by atoms with Crippen LogP contribution in [0, 0.1) is 0 Å². The summed E-state index contributed by atoms with van der Waals surface area (Å²) < 4.78 is 30.1. The molecule has 1 aromatic rings. The van der Waals surface area contributed by atoms with Gasteiger partial charge in [0, 0.05) is 25.5 Å². The molecule has 0 fully saturated rings. The van der Waals surface area contributed by atoms with Crippen LogP contribution in [0.5, 0.6) is 0 Å². The van der Waals surface area contributed by atoms with Crippen molar-refractivity contribution >= 4 is 16.0 Å². The lowest BCUT2D eigenvalue weighted by Gasteiger charge is -2.19. The number of aromatic nitrogens is 1. The second-order valence-electron chi connectivity index (χ2n) is 3.51. The average Bonchev–Trinajstić information content (AvgIpc) is 2.39. The van der Waals surface area contributed by atoms with Crippen molar-refractivity contribution in [2.75, 3.05) is 20.2 Å². The van der Waals surface area contributed by atoms with Crippen molar-refractivity contribution in [3.8, 4) is 0 Å². The smallest absolute Gasteiger partial charge is 0.306 e. The third-order valence-electron chi connectivity index (χ3n) is 2.42. The van der Waals surface area contributed by atoms with Gasteiger partial charge in [-0.2, -0.15) is 4.31 Å². The van der Waals surface area contributed by atoms with E-state index in [-0.39, 0.29) is 24.4 Å². The maximum atomic E-state index is 12.2. The van der Waals surface area contributed by atoms with Crippen LogP contribution in [0.3, 0.4) is 0 Å². The number of hydrogen-bond acceptors (Lipinski definition) is 5. The van der Waals surface area contributed by atoms with Crippen molar-refractivity contribution in [2.45, 2.75) is 18.2 Å². The maximum absolute atomic E-state index is 12.2. The van der Waals surface area contributed by atoms with Crippen molar-refractivity contribution in [1.82, 2.24) is 9.29 Å². The largest absolute Gasteiger partial charge is 0.469 e. The summed E-state index contributed by atoms with van der Waals surface area (Å²) in [4.78, 5) is 14.9. The molecule has 0 aromatic carbocycles. The first-order valence-corrected chi connectivity index (χ1v) is 6.93. The minimum absolute atomic E-state index is 0.0316. The molecule has 0 unspecified atom stereocenters. The number of pyridine rings is 1. The van der Waals surface area contributed by atoms with Gasteiger partial charge in [-0.15, -0.1) is 0 Å². The van der Waals surface area contributed by atoms with E-state index in [0.717, 1.165) is 0 Å². The van der Waals surface area contributed by atoms with E-state index >= 15 is 0 Å². The first-order valence-electron chi connectivity index (χ1n) is 5.49. The van der Waals surface area contributed by atoms with Crippen LogP contribution in [0.25, 0.3) is 0 Å². The Hall–Kier alpha value is -1.47. The average molecular weight is 272 g/mol. The number of carbonyl (C=O) groups excluding carboxylic acids is 1. The fourth-order valence-electron chi connectivity index (χ4n) is 1.42. The van der Waals surface area contributed by atoms with Crippen molar-refractivity contribution < 1.29 is 17.9 Å². The number of esters is 1. The highest BCUT2D eigenvalue weighted by Crippen LogP contribution is 2.14. The van der Waals surface area contributed by atoms with Gasteiger partial charge in [-0.1, -0.05) is 6.92 Å². The molecule has 100 valence electrons. The zero-order valence-corrected chi connectivity index (χ0v) is 11.2. The number of nitrogens with zero attached hydrogens (tertiary/aromatic N) is 2. The molecular weight excluding hydrogens is 256 g/mol. The minimum atomic E-state index is -3.59. The molecule has 1 aromatic heterocycles. The summed E-state index contributed by atoms with van der Waals surface area (Å²) in [5.41, 5.74) is 0. The molecule has 0 saturated heterocycles. The summed E-state index contributed by atoms with van der Waals surface area (Å²) in [5, 5.41) is 0. The van der Waals surface area contributed by atoms with E-state index in [1.54, 1.807) is 13.0 Å². The number of rotatable bonds is 6. The van der Waals surface area contributed by atoms with Gasteiger partial charge in [0.15, 0.2) is 0 Å². The fourth-order valence-corrected chi connectivity index (χ4v) is 2.83. The van der Waals surface area contributed by atoms with Crippen molar-refractivity contribution in [3.05, 3.63) is 24.5 Å². The van der Waals surface area contributed by atoms with Gasteiger partial charge < -0.3 is 4.74 Å². The van der Waals surface area contributed by atoms with Crippen LogP contribution in [-0.4, -0.2) is 43.9 Å². The highest BCUT2D eigenvalue weighted by molar-refractivity contribution is 7.89. The van der Waals surface area contributed by atoms with E-state index in [2.05, 4.69) is 9.72 Å². The third-order valence-corrected chi connectivity index (χ3v) is 4.38. The Morgan fingerprint density at radius 3 is 2.72 bits per heavy atom. The lowest BCUT2D eigenvalue weighted by Crippen LogP contribution is -2.33. The van der Waals surface area contributed by atoms with Crippen molar-refractivity contribution in [3.63, 3.8) is 0 Å². The Morgan fingerprint density at radius 2 is 2.22 bits per heavy atom. The third kappa shape index (κ3) is 3.51. The zero-order valence-electron chi connectivity index (χ0n) is 10.4. The van der Waals surface area contributed by atoms with Crippen molar-refractivity contribution in [1.29, 1.82) is 0 Å². The summed E-state index contributed by atoms with van der Waals surface area (Å²) in [5.74, 6) is -0.435. The molecule has 0 saturated carbocycles. The van der Waals surface area contributed by atoms with Crippen LogP contribution in [0.15, 0.2) is 29.4 Å². The van der Waals surface area contributed by atoms with Gasteiger partial charge in [0.25, 0.3) is 0 Å². The van der Waals surface area contributed by atoms with Gasteiger partial charge >= 0.3 is 5.97 Å². The second kappa shape index (κ2) is 6.46. The quantitative estimate of drug-likeness (QED) is 0.711. The van der Waals surface area contributed by atoms with E-state index in [4.69, 9.17) is 0 Å². The van der Waals surface area contributed by atoms with Crippen LogP contribution in [0.1, 0.15) is 13.3 Å². The molecule has 0 bridgehead atoms. The lowest BCUT2D eigenvalue weighted by atomic mass is 10.4. The normalized spacial score (nSPS) is 11.5. The predicted octanol–water partition coefficient (Wildman–Crippen LogP) is 0.655. The summed E-state index contributed by atoms with van der Waals surface area (Å²) in [6.07, 6.45) is 2.82. The van der Waals surface area contributed by atoms with Crippen LogP contribution in [0.2, 0.25) is 0 Å². The van der Waals surface area contributed by atoms with Crippen molar-refractivity contribution in [2.24, 2.45) is 0 Å². The summed E-state index contributed by atoms with van der Waals surface area (Å²) in [7, 11) is -2.32. The number of hydrogen-bond donors (Lipinski definition) is 0. The Bertz CT molecular complexity index is 487. The highest BCUT2D eigenvalue weighted by Gasteiger charge is 2.23. The monoisotopic (exact) mass is 272 g/mol. The Kier molecular flexibility index (Phi) is 5.24. The SMILES string of the molecule is CCN(CCC(=O)OC)S(=O)(=O)c1cccnc1. The molecule has 0 aliphatic rings. The zero-order chi connectivity index (χ0) is 13.6. The number of ether oxygens (including phenoxy) is 1. The lowest BCUT2D eigenvalue weighted by molar-refractivity contribution is -0.140. The van der Waals surface area contributed by atoms with Crippen LogP contribution < -0.4 is 0 Å². The molecule has 0 aliphatic carbocycles. The predicted molar refractivity (Wildman–Crippen MR) is 65.3 cm³/mol. The second-order valence-corrected chi connectivity index (χ2v) is 5.45. The molecule has 7 heteroatoms. The molecule has 6 nitrogen and oxygen atoms in total. The standard InChI is InChI=1S/C11H16N2O4S/c1-3-13(8-6-11(14)17-2)18(15,16)10-5-4-7-12-9-10/h4-5,7,9H,3,6,8H2,1-2H3. The molecule has 0 spiro atoms. The molecular formula is C11H16N2O4S. The summed E-state index contributed by atoms with van der Waals surface area (Å²) in [6.45, 7) is 2.10. The van der Waals surface area contributed by atoms with E-state index in [0.29, 0.717) is 0 Å². The number of sulfonamides is 1. The van der Waals surface area contributed by atoms with Gasteiger partial charge in [0.1, 0.15) is 4.90 Å². The van der Waals surface area contributed by atoms with Crippen LogP contribution >= 0.6 is 0 Å². The molecule has 18 heavy (non-hydrogen) atoms. The first-order chi connectivity index (χ1) is 8.52. The molecule has 0 N–H and O–H groups in total. The van der Waals surface area contributed by atoms with Gasteiger partial charge in [0.05, 0.1) is 13.5 Å². The molecule has 0 radical (unpaired) electrons. The maximum Gasteiger partial charge on any atom is 0.306 e. The van der Waals surface area contributed by atoms with Gasteiger partial charge in [0.2, 0.25) is 10.0 Å². The molecule has 0 aliphatic heterocycles. The minimum Gasteiger partial charge on any atom is -0.469 e. The Labute approximate surface area is 107 Å². The van der Waals surface area contributed by atoms with E-state index in [1.165, 1.54) is 29.9 Å². The summed E-state index contributed by atoms with van der Waals surface area (Å²) in [6, 6.07) is 3.03. The van der Waals surface area contributed by atoms with E-state index in [1.807, 2.05) is 0 Å². The Balaban J connectivity index is 2.85. The van der Waals surface area contributed by atoms with Gasteiger partial charge in [-0.3, -0.25) is 9.78 Å². The number of carbonyl (C=O) groups is 1. The molecule has 1 rings (SSSR count). The Morgan fingerprint density at radius 1 is 1.50 bits per heavy atom. The fraction of sp³-hybridized carbons (Fsp3) is 0.455. The highest BCUT2D eigenvalue weighted by atomic mass is 32.2. The molecule has 0 atom stereocenters. The molecule has 1 heterocycles.